The lowest BCUT2D eigenvalue weighted by Gasteiger charge is -2.28. The fraction of sp³-hybridized carbons (Fsp3) is 0.688. The van der Waals surface area contributed by atoms with Crippen molar-refractivity contribution >= 4 is 5.82 Å². The van der Waals surface area contributed by atoms with Gasteiger partial charge in [0.25, 0.3) is 0 Å². The Balaban J connectivity index is 1.94. The highest BCUT2D eigenvalue weighted by atomic mass is 15.2. The first-order valence-corrected chi connectivity index (χ1v) is 7.63. The van der Waals surface area contributed by atoms with Crippen molar-refractivity contribution in [2.24, 2.45) is 5.92 Å². The summed E-state index contributed by atoms with van der Waals surface area (Å²) in [5.41, 5.74) is 1.27. The summed E-state index contributed by atoms with van der Waals surface area (Å²) in [6.45, 7) is 9.85. The summed E-state index contributed by atoms with van der Waals surface area (Å²) >= 11 is 0. The van der Waals surface area contributed by atoms with E-state index in [9.17, 15) is 0 Å². The summed E-state index contributed by atoms with van der Waals surface area (Å²) in [6, 6.07) is 4.90. The molecule has 106 valence electrons. The number of rotatable bonds is 8. The predicted molar refractivity (Wildman–Crippen MR) is 81.4 cm³/mol. The Hall–Kier alpha value is -1.09. The maximum Gasteiger partial charge on any atom is 0.128 e. The monoisotopic (exact) mass is 261 g/mol. The second-order valence-electron chi connectivity index (χ2n) is 5.89. The van der Waals surface area contributed by atoms with Gasteiger partial charge in [-0.15, -0.1) is 0 Å². The van der Waals surface area contributed by atoms with Crippen LogP contribution in [0.1, 0.15) is 45.6 Å². The second-order valence-corrected chi connectivity index (χ2v) is 5.89. The molecule has 1 fully saturated rings. The number of pyridine rings is 1. The van der Waals surface area contributed by atoms with E-state index < -0.39 is 0 Å². The lowest BCUT2D eigenvalue weighted by atomic mass is 10.2. The van der Waals surface area contributed by atoms with Crippen molar-refractivity contribution in [2.75, 3.05) is 18.0 Å². The Kier molecular flexibility index (Phi) is 5.20. The van der Waals surface area contributed by atoms with Crippen molar-refractivity contribution < 1.29 is 0 Å². The third kappa shape index (κ3) is 4.50. The van der Waals surface area contributed by atoms with Gasteiger partial charge in [0.15, 0.2) is 0 Å². The van der Waals surface area contributed by atoms with Crippen LogP contribution in [-0.2, 0) is 6.54 Å². The van der Waals surface area contributed by atoms with E-state index in [1.54, 1.807) is 0 Å². The van der Waals surface area contributed by atoms with Gasteiger partial charge in [-0.1, -0.05) is 13.0 Å². The third-order valence-corrected chi connectivity index (χ3v) is 3.63. The van der Waals surface area contributed by atoms with Crippen LogP contribution in [0.15, 0.2) is 18.3 Å². The Bertz CT molecular complexity index is 368. The van der Waals surface area contributed by atoms with E-state index in [1.165, 1.54) is 24.8 Å². The molecule has 0 aromatic carbocycles. The number of hydrogen-bond acceptors (Lipinski definition) is 3. The Morgan fingerprint density at radius 1 is 1.37 bits per heavy atom. The summed E-state index contributed by atoms with van der Waals surface area (Å²) in [5.74, 6) is 2.02. The van der Waals surface area contributed by atoms with Gasteiger partial charge in [-0.05, 0) is 57.2 Å². The van der Waals surface area contributed by atoms with Gasteiger partial charge in [-0.2, -0.15) is 0 Å². The molecule has 0 atom stereocenters. The van der Waals surface area contributed by atoms with Crippen LogP contribution in [0.3, 0.4) is 0 Å². The summed E-state index contributed by atoms with van der Waals surface area (Å²) in [6.07, 6.45) is 5.97. The van der Waals surface area contributed by atoms with E-state index in [0.717, 1.165) is 31.4 Å². The normalized spacial score (nSPS) is 14.9. The molecule has 1 heterocycles. The van der Waals surface area contributed by atoms with Crippen LogP contribution in [0, 0.1) is 5.92 Å². The molecule has 3 heteroatoms. The standard InChI is InChI=1S/C16H27N3/c1-4-9-17-10-15-7-8-16(18-11-15)19(13(2)3)12-14-5-6-14/h7-8,11,13-14,17H,4-6,9-10,12H2,1-3H3. The molecular formula is C16H27N3. The minimum absolute atomic E-state index is 0.525. The average molecular weight is 261 g/mol. The average Bonchev–Trinajstić information content (AvgIpc) is 3.21. The van der Waals surface area contributed by atoms with Crippen molar-refractivity contribution in [1.82, 2.24) is 10.3 Å². The van der Waals surface area contributed by atoms with E-state index in [1.807, 2.05) is 6.20 Å². The van der Waals surface area contributed by atoms with Crippen LogP contribution in [-0.4, -0.2) is 24.1 Å². The molecule has 0 spiro atoms. The van der Waals surface area contributed by atoms with E-state index in [2.05, 4.69) is 48.1 Å². The van der Waals surface area contributed by atoms with E-state index >= 15 is 0 Å². The molecule has 3 nitrogen and oxygen atoms in total. The summed E-state index contributed by atoms with van der Waals surface area (Å²) in [5, 5.41) is 3.41. The van der Waals surface area contributed by atoms with Gasteiger partial charge >= 0.3 is 0 Å². The number of nitrogens with zero attached hydrogens (tertiary/aromatic N) is 2. The fourth-order valence-corrected chi connectivity index (χ4v) is 2.25. The van der Waals surface area contributed by atoms with Gasteiger partial charge in [0.2, 0.25) is 0 Å². The SMILES string of the molecule is CCCNCc1ccc(N(CC2CC2)C(C)C)nc1. The van der Waals surface area contributed by atoms with Crippen LogP contribution >= 0.6 is 0 Å². The van der Waals surface area contributed by atoms with Crippen molar-refractivity contribution in [3.63, 3.8) is 0 Å². The van der Waals surface area contributed by atoms with Gasteiger partial charge in [-0.3, -0.25) is 0 Å². The predicted octanol–water partition coefficient (Wildman–Crippen LogP) is 3.21. The molecule has 0 unspecified atom stereocenters. The minimum Gasteiger partial charge on any atom is -0.354 e. The molecule has 1 saturated carbocycles. The molecule has 0 aliphatic heterocycles. The largest absolute Gasteiger partial charge is 0.354 e. The molecular weight excluding hydrogens is 234 g/mol. The molecule has 0 radical (unpaired) electrons. The number of aromatic nitrogens is 1. The molecule has 1 aliphatic carbocycles. The van der Waals surface area contributed by atoms with Crippen LogP contribution < -0.4 is 10.2 Å². The minimum atomic E-state index is 0.525. The Morgan fingerprint density at radius 2 is 2.16 bits per heavy atom. The molecule has 0 amide bonds. The van der Waals surface area contributed by atoms with E-state index in [4.69, 9.17) is 0 Å². The van der Waals surface area contributed by atoms with Crippen LogP contribution in [0.2, 0.25) is 0 Å². The first-order chi connectivity index (χ1) is 9.20. The van der Waals surface area contributed by atoms with Crippen LogP contribution in [0.5, 0.6) is 0 Å². The van der Waals surface area contributed by atoms with Gasteiger partial charge in [0.05, 0.1) is 0 Å². The Morgan fingerprint density at radius 3 is 2.68 bits per heavy atom. The highest BCUT2D eigenvalue weighted by Crippen LogP contribution is 2.31. The molecule has 0 saturated heterocycles. The van der Waals surface area contributed by atoms with Crippen molar-refractivity contribution in [3.8, 4) is 0 Å². The van der Waals surface area contributed by atoms with Crippen molar-refractivity contribution in [2.45, 2.75) is 52.6 Å². The lowest BCUT2D eigenvalue weighted by molar-refractivity contribution is 0.635. The molecule has 1 N–H and O–H groups in total. The zero-order valence-electron chi connectivity index (χ0n) is 12.5. The maximum atomic E-state index is 4.65. The number of anilines is 1. The zero-order chi connectivity index (χ0) is 13.7. The van der Waals surface area contributed by atoms with Gasteiger partial charge in [0, 0.05) is 25.3 Å². The summed E-state index contributed by atoms with van der Waals surface area (Å²) in [7, 11) is 0. The molecule has 1 aromatic rings. The first-order valence-electron chi connectivity index (χ1n) is 7.63. The van der Waals surface area contributed by atoms with E-state index in [0.29, 0.717) is 6.04 Å². The van der Waals surface area contributed by atoms with Gasteiger partial charge < -0.3 is 10.2 Å². The molecule has 2 rings (SSSR count). The summed E-state index contributed by atoms with van der Waals surface area (Å²) < 4.78 is 0. The van der Waals surface area contributed by atoms with E-state index in [-0.39, 0.29) is 0 Å². The zero-order valence-corrected chi connectivity index (χ0v) is 12.5. The van der Waals surface area contributed by atoms with Gasteiger partial charge in [-0.25, -0.2) is 4.98 Å². The highest BCUT2D eigenvalue weighted by molar-refractivity contribution is 5.40. The Labute approximate surface area is 117 Å². The molecule has 1 aromatic heterocycles. The molecule has 19 heavy (non-hydrogen) atoms. The van der Waals surface area contributed by atoms with Crippen LogP contribution in [0.4, 0.5) is 5.82 Å². The van der Waals surface area contributed by atoms with Gasteiger partial charge in [0.1, 0.15) is 5.82 Å². The molecule has 1 aliphatic rings. The quantitative estimate of drug-likeness (QED) is 0.728. The van der Waals surface area contributed by atoms with Crippen molar-refractivity contribution in [3.05, 3.63) is 23.9 Å². The lowest BCUT2D eigenvalue weighted by Crippen LogP contribution is -2.33. The third-order valence-electron chi connectivity index (χ3n) is 3.63. The topological polar surface area (TPSA) is 28.2 Å². The smallest absolute Gasteiger partial charge is 0.128 e. The number of hydrogen-bond donors (Lipinski definition) is 1. The van der Waals surface area contributed by atoms with Crippen molar-refractivity contribution in [1.29, 1.82) is 0 Å². The highest BCUT2D eigenvalue weighted by Gasteiger charge is 2.26. The first kappa shape index (κ1) is 14.3. The second kappa shape index (κ2) is 6.90. The fourth-order valence-electron chi connectivity index (χ4n) is 2.25. The summed E-state index contributed by atoms with van der Waals surface area (Å²) in [4.78, 5) is 7.08. The molecule has 0 bridgehead atoms. The maximum absolute atomic E-state index is 4.65. The number of nitrogens with one attached hydrogen (secondary N) is 1. The van der Waals surface area contributed by atoms with Crippen LogP contribution in [0.25, 0.3) is 0 Å².